The maximum Gasteiger partial charge on any atom is 0.255 e. The highest BCUT2D eigenvalue weighted by molar-refractivity contribution is 6.00. The lowest BCUT2D eigenvalue weighted by molar-refractivity contribution is 0.0793. The van der Waals surface area contributed by atoms with Crippen molar-refractivity contribution in [3.05, 3.63) is 59.7 Å². The molecule has 30 heavy (non-hydrogen) atoms. The van der Waals surface area contributed by atoms with Gasteiger partial charge in [0, 0.05) is 37.9 Å². The third kappa shape index (κ3) is 4.27. The first-order valence-electron chi connectivity index (χ1n) is 10.7. The minimum absolute atomic E-state index is 0.101. The van der Waals surface area contributed by atoms with Crippen LogP contribution in [0.2, 0.25) is 0 Å². The fourth-order valence-corrected chi connectivity index (χ4v) is 4.38. The van der Waals surface area contributed by atoms with Crippen molar-refractivity contribution >= 4 is 17.5 Å². The number of rotatable bonds is 5. The Morgan fingerprint density at radius 3 is 2.23 bits per heavy atom. The summed E-state index contributed by atoms with van der Waals surface area (Å²) in [6.07, 6.45) is 3.86. The van der Waals surface area contributed by atoms with Gasteiger partial charge >= 0.3 is 0 Å². The average Bonchev–Trinajstić information content (AvgIpc) is 3.34. The predicted molar refractivity (Wildman–Crippen MR) is 117 cm³/mol. The van der Waals surface area contributed by atoms with Crippen LogP contribution in [-0.4, -0.2) is 56.0 Å². The molecule has 2 saturated heterocycles. The number of nitrogens with one attached hydrogen (secondary N) is 1. The summed E-state index contributed by atoms with van der Waals surface area (Å²) in [4.78, 5) is 29.9. The zero-order chi connectivity index (χ0) is 20.9. The van der Waals surface area contributed by atoms with Crippen molar-refractivity contribution in [2.45, 2.75) is 31.7 Å². The molecule has 2 heterocycles. The molecular formula is C24H29N3O3. The largest absolute Gasteiger partial charge is 0.496 e. The highest BCUT2D eigenvalue weighted by atomic mass is 16.5. The number of ether oxygens (including phenoxy) is 1. The summed E-state index contributed by atoms with van der Waals surface area (Å²) in [5, 5.41) is 3.14. The van der Waals surface area contributed by atoms with Crippen molar-refractivity contribution in [1.82, 2.24) is 10.2 Å². The van der Waals surface area contributed by atoms with E-state index >= 15 is 0 Å². The zero-order valence-corrected chi connectivity index (χ0v) is 17.5. The van der Waals surface area contributed by atoms with Crippen molar-refractivity contribution in [1.29, 1.82) is 0 Å². The lowest BCUT2D eigenvalue weighted by Gasteiger charge is -2.35. The molecule has 2 aliphatic rings. The molecular weight excluding hydrogens is 378 g/mol. The molecule has 6 nitrogen and oxygen atoms in total. The minimum atomic E-state index is -0.101. The quantitative estimate of drug-likeness (QED) is 0.826. The number of carbonyl (C=O) groups is 2. The number of likely N-dealkylation sites (tertiary alicyclic amines) is 1. The Balaban J connectivity index is 1.39. The van der Waals surface area contributed by atoms with Gasteiger partial charge in [-0.15, -0.1) is 0 Å². The van der Waals surface area contributed by atoms with Crippen LogP contribution in [0.3, 0.4) is 0 Å². The molecule has 0 spiro atoms. The van der Waals surface area contributed by atoms with E-state index in [1.807, 2.05) is 41.3 Å². The van der Waals surface area contributed by atoms with Gasteiger partial charge in [0.15, 0.2) is 0 Å². The van der Waals surface area contributed by atoms with Gasteiger partial charge in [-0.2, -0.15) is 0 Å². The first-order valence-corrected chi connectivity index (χ1v) is 10.7. The van der Waals surface area contributed by atoms with Crippen LogP contribution >= 0.6 is 0 Å². The Bertz CT molecular complexity index is 900. The van der Waals surface area contributed by atoms with Crippen LogP contribution in [-0.2, 0) is 0 Å². The predicted octanol–water partition coefficient (Wildman–Crippen LogP) is 3.33. The normalized spacial score (nSPS) is 17.1. The van der Waals surface area contributed by atoms with E-state index in [1.165, 1.54) is 0 Å². The number of piperidine rings is 1. The smallest absolute Gasteiger partial charge is 0.255 e. The van der Waals surface area contributed by atoms with Gasteiger partial charge in [-0.05, 0) is 49.9 Å². The SMILES string of the molecule is COc1ccccc1C(=O)NC1CCN(c2ccccc2C(=O)N2CCCC2)CC1. The van der Waals surface area contributed by atoms with Gasteiger partial charge in [0.05, 0.1) is 18.2 Å². The van der Waals surface area contributed by atoms with Crippen LogP contribution in [0.4, 0.5) is 5.69 Å². The van der Waals surface area contributed by atoms with E-state index in [0.29, 0.717) is 11.3 Å². The van der Waals surface area contributed by atoms with E-state index in [2.05, 4.69) is 10.2 Å². The fourth-order valence-electron chi connectivity index (χ4n) is 4.38. The van der Waals surface area contributed by atoms with Crippen molar-refractivity contribution in [2.24, 2.45) is 0 Å². The fraction of sp³-hybridized carbons (Fsp3) is 0.417. The maximum atomic E-state index is 13.0. The number of benzene rings is 2. The van der Waals surface area contributed by atoms with Crippen LogP contribution in [0.1, 0.15) is 46.4 Å². The molecule has 158 valence electrons. The second-order valence-electron chi connectivity index (χ2n) is 7.95. The number of amides is 2. The summed E-state index contributed by atoms with van der Waals surface area (Å²) in [6.45, 7) is 3.32. The molecule has 0 atom stereocenters. The Morgan fingerprint density at radius 2 is 1.53 bits per heavy atom. The van der Waals surface area contributed by atoms with E-state index in [9.17, 15) is 9.59 Å². The lowest BCUT2D eigenvalue weighted by Crippen LogP contribution is -2.45. The zero-order valence-electron chi connectivity index (χ0n) is 17.5. The van der Waals surface area contributed by atoms with Gasteiger partial charge in [-0.25, -0.2) is 0 Å². The summed E-state index contributed by atoms with van der Waals surface area (Å²) in [5.74, 6) is 0.618. The summed E-state index contributed by atoms with van der Waals surface area (Å²) in [7, 11) is 1.57. The van der Waals surface area contributed by atoms with E-state index < -0.39 is 0 Å². The van der Waals surface area contributed by atoms with Gasteiger partial charge in [0.25, 0.3) is 11.8 Å². The molecule has 0 radical (unpaired) electrons. The third-order valence-electron chi connectivity index (χ3n) is 6.05. The second kappa shape index (κ2) is 9.20. The van der Waals surface area contributed by atoms with Crippen molar-refractivity contribution in [3.63, 3.8) is 0 Å². The second-order valence-corrected chi connectivity index (χ2v) is 7.95. The van der Waals surface area contributed by atoms with Gasteiger partial charge in [0.2, 0.25) is 0 Å². The van der Waals surface area contributed by atoms with Crippen LogP contribution in [0.5, 0.6) is 5.75 Å². The average molecular weight is 408 g/mol. The number of nitrogens with zero attached hydrogens (tertiary/aromatic N) is 2. The highest BCUT2D eigenvalue weighted by Crippen LogP contribution is 2.27. The van der Waals surface area contributed by atoms with Crippen LogP contribution in [0.15, 0.2) is 48.5 Å². The van der Waals surface area contributed by atoms with Crippen molar-refractivity contribution < 1.29 is 14.3 Å². The van der Waals surface area contributed by atoms with Gasteiger partial charge in [0.1, 0.15) is 5.75 Å². The van der Waals surface area contributed by atoms with E-state index in [1.54, 1.807) is 19.2 Å². The Labute approximate surface area is 177 Å². The van der Waals surface area contributed by atoms with Crippen LogP contribution < -0.4 is 15.0 Å². The molecule has 2 aromatic carbocycles. The Kier molecular flexibility index (Phi) is 6.21. The molecule has 2 aliphatic heterocycles. The molecule has 0 bridgehead atoms. The number of para-hydroxylation sites is 2. The first-order chi connectivity index (χ1) is 14.7. The minimum Gasteiger partial charge on any atom is -0.496 e. The van der Waals surface area contributed by atoms with E-state index in [4.69, 9.17) is 4.74 Å². The number of methoxy groups -OCH3 is 1. The molecule has 2 aromatic rings. The summed E-state index contributed by atoms with van der Waals surface area (Å²) in [5.41, 5.74) is 2.35. The van der Waals surface area contributed by atoms with Crippen molar-refractivity contribution in [2.75, 3.05) is 38.2 Å². The number of carbonyl (C=O) groups excluding carboxylic acids is 2. The van der Waals surface area contributed by atoms with Crippen LogP contribution in [0.25, 0.3) is 0 Å². The molecule has 0 saturated carbocycles. The molecule has 4 rings (SSSR count). The summed E-state index contributed by atoms with van der Waals surface area (Å²) in [6, 6.07) is 15.3. The molecule has 2 fully saturated rings. The van der Waals surface area contributed by atoms with Gasteiger partial charge < -0.3 is 19.9 Å². The van der Waals surface area contributed by atoms with E-state index in [-0.39, 0.29) is 17.9 Å². The van der Waals surface area contributed by atoms with Gasteiger partial charge in [-0.1, -0.05) is 24.3 Å². The molecule has 0 unspecified atom stereocenters. The summed E-state index contributed by atoms with van der Waals surface area (Å²) >= 11 is 0. The van der Waals surface area contributed by atoms with Gasteiger partial charge in [-0.3, -0.25) is 9.59 Å². The number of hydrogen-bond donors (Lipinski definition) is 1. The molecule has 1 N–H and O–H groups in total. The number of hydrogen-bond acceptors (Lipinski definition) is 4. The highest BCUT2D eigenvalue weighted by Gasteiger charge is 2.27. The van der Waals surface area contributed by atoms with Crippen LogP contribution in [0, 0.1) is 0 Å². The summed E-state index contributed by atoms with van der Waals surface area (Å²) < 4.78 is 5.30. The standard InChI is InChI=1S/C24H29N3O3/c1-30-22-11-5-3-9-20(22)23(28)25-18-12-16-26(17-13-18)21-10-4-2-8-19(21)24(29)27-14-6-7-15-27/h2-5,8-11,18H,6-7,12-17H2,1H3,(H,25,28). The molecule has 6 heteroatoms. The maximum absolute atomic E-state index is 13.0. The Morgan fingerprint density at radius 1 is 0.900 bits per heavy atom. The molecule has 0 aromatic heterocycles. The topological polar surface area (TPSA) is 61.9 Å². The third-order valence-corrected chi connectivity index (χ3v) is 6.05. The lowest BCUT2D eigenvalue weighted by atomic mass is 10.0. The monoisotopic (exact) mass is 407 g/mol. The first kappa shape index (κ1) is 20.3. The molecule has 2 amide bonds. The van der Waals surface area contributed by atoms with E-state index in [0.717, 1.165) is 63.1 Å². The Hall–Kier alpha value is -3.02. The number of anilines is 1. The van der Waals surface area contributed by atoms with Crippen molar-refractivity contribution in [3.8, 4) is 5.75 Å². The molecule has 0 aliphatic carbocycles.